The van der Waals surface area contributed by atoms with Gasteiger partial charge in [-0.05, 0) is 56.2 Å². The standard InChI is InChI=1S/C27H28F2N6O3/c1-16(2)38-18-6-4-17(5-7-18)19-8-9-23(25-24(19)32-33-34(25)3)35(12-13-37-27(28)29)26(36)21-14-20(21)22-10-11-30-15-31-22/h4-11,15-16,20-21,27H,12-14H2,1-3H3/t20-,21-/m1/s1. The molecule has 1 amide bonds. The molecule has 0 spiro atoms. The van der Waals surface area contributed by atoms with E-state index in [-0.39, 0.29) is 37.0 Å². The first-order valence-corrected chi connectivity index (χ1v) is 12.4. The quantitative estimate of drug-likeness (QED) is 0.301. The van der Waals surface area contributed by atoms with Gasteiger partial charge >= 0.3 is 6.61 Å². The molecule has 1 saturated carbocycles. The summed E-state index contributed by atoms with van der Waals surface area (Å²) >= 11 is 0. The molecule has 1 fully saturated rings. The molecule has 198 valence electrons. The van der Waals surface area contributed by atoms with Crippen LogP contribution in [0.4, 0.5) is 14.5 Å². The summed E-state index contributed by atoms with van der Waals surface area (Å²) in [7, 11) is 1.74. The first-order valence-electron chi connectivity index (χ1n) is 12.4. The maximum atomic E-state index is 13.7. The third-order valence-electron chi connectivity index (χ3n) is 6.48. The number of nitrogens with zero attached hydrogens (tertiary/aromatic N) is 6. The van der Waals surface area contributed by atoms with Gasteiger partial charge in [-0.15, -0.1) is 5.10 Å². The summed E-state index contributed by atoms with van der Waals surface area (Å²) in [6, 6.07) is 13.1. The Hall–Kier alpha value is -3.99. The van der Waals surface area contributed by atoms with Crippen LogP contribution in [-0.2, 0) is 16.6 Å². The normalized spacial score (nSPS) is 16.8. The molecular formula is C27H28F2N6O3. The smallest absolute Gasteiger partial charge is 0.345 e. The van der Waals surface area contributed by atoms with Crippen molar-refractivity contribution in [2.75, 3.05) is 18.1 Å². The second kappa shape index (κ2) is 10.8. The van der Waals surface area contributed by atoms with Gasteiger partial charge in [-0.1, -0.05) is 17.3 Å². The summed E-state index contributed by atoms with van der Waals surface area (Å²) in [6.07, 6.45) is 3.78. The van der Waals surface area contributed by atoms with E-state index >= 15 is 0 Å². The van der Waals surface area contributed by atoms with Crippen molar-refractivity contribution in [2.45, 2.75) is 38.9 Å². The highest BCUT2D eigenvalue weighted by Crippen LogP contribution is 2.48. The minimum Gasteiger partial charge on any atom is -0.491 e. The molecule has 9 nitrogen and oxygen atoms in total. The lowest BCUT2D eigenvalue weighted by Crippen LogP contribution is -2.36. The number of halogens is 2. The van der Waals surface area contributed by atoms with Crippen LogP contribution in [0.25, 0.3) is 22.2 Å². The Morgan fingerprint density at radius 1 is 1.16 bits per heavy atom. The van der Waals surface area contributed by atoms with Crippen molar-refractivity contribution >= 4 is 22.6 Å². The van der Waals surface area contributed by atoms with Gasteiger partial charge in [-0.3, -0.25) is 4.79 Å². The Morgan fingerprint density at radius 2 is 1.95 bits per heavy atom. The zero-order valence-corrected chi connectivity index (χ0v) is 21.3. The largest absolute Gasteiger partial charge is 0.491 e. The van der Waals surface area contributed by atoms with Gasteiger partial charge in [0.1, 0.15) is 23.1 Å². The number of fused-ring (bicyclic) bond motifs is 1. The predicted octanol–water partition coefficient (Wildman–Crippen LogP) is 4.59. The number of hydrogen-bond donors (Lipinski definition) is 0. The number of carbonyl (C=O) groups excluding carboxylic acids is 1. The molecule has 0 radical (unpaired) electrons. The van der Waals surface area contributed by atoms with Crippen LogP contribution in [0.3, 0.4) is 0 Å². The van der Waals surface area contributed by atoms with Crippen LogP contribution in [0.15, 0.2) is 55.0 Å². The average Bonchev–Trinajstić information content (AvgIpc) is 3.62. The zero-order valence-electron chi connectivity index (χ0n) is 21.3. The fraction of sp³-hybridized carbons (Fsp3) is 0.370. The molecule has 2 heterocycles. The van der Waals surface area contributed by atoms with E-state index in [1.807, 2.05) is 50.2 Å². The Kier molecular flexibility index (Phi) is 7.28. The third-order valence-corrected chi connectivity index (χ3v) is 6.48. The van der Waals surface area contributed by atoms with Crippen molar-refractivity contribution in [1.29, 1.82) is 0 Å². The molecule has 1 aliphatic rings. The number of benzene rings is 2. The SMILES string of the molecule is CC(C)Oc1ccc(-c2ccc(N(CCOC(F)F)C(=O)[C@@H]3C[C@H]3c3ccncn3)c3c2nnn3C)cc1. The number of rotatable bonds is 10. The number of anilines is 1. The molecule has 11 heteroatoms. The highest BCUT2D eigenvalue weighted by Gasteiger charge is 2.47. The minimum absolute atomic E-state index is 0.0446. The summed E-state index contributed by atoms with van der Waals surface area (Å²) in [5.74, 6) is 0.210. The van der Waals surface area contributed by atoms with Crippen molar-refractivity contribution < 1.29 is 23.0 Å². The van der Waals surface area contributed by atoms with E-state index in [0.29, 0.717) is 23.1 Å². The minimum atomic E-state index is -2.93. The van der Waals surface area contributed by atoms with Gasteiger partial charge in [0, 0.05) is 42.9 Å². The zero-order chi connectivity index (χ0) is 26.8. The molecule has 0 bridgehead atoms. The Labute approximate surface area is 218 Å². The molecule has 38 heavy (non-hydrogen) atoms. The second-order valence-corrected chi connectivity index (χ2v) is 9.44. The average molecular weight is 523 g/mol. The van der Waals surface area contributed by atoms with E-state index < -0.39 is 6.61 Å². The van der Waals surface area contributed by atoms with E-state index in [4.69, 9.17) is 4.74 Å². The summed E-state index contributed by atoms with van der Waals surface area (Å²) in [6.45, 7) is 0.640. The molecule has 0 saturated heterocycles. The van der Waals surface area contributed by atoms with Crippen LogP contribution in [-0.4, -0.2) is 56.7 Å². The van der Waals surface area contributed by atoms with Crippen molar-refractivity contribution in [3.63, 3.8) is 0 Å². The fourth-order valence-corrected chi connectivity index (χ4v) is 4.68. The monoisotopic (exact) mass is 522 g/mol. The maximum Gasteiger partial charge on any atom is 0.345 e. The Morgan fingerprint density at radius 3 is 2.63 bits per heavy atom. The van der Waals surface area contributed by atoms with Crippen molar-refractivity contribution in [3.8, 4) is 16.9 Å². The molecule has 4 aromatic rings. The lowest BCUT2D eigenvalue weighted by Gasteiger charge is -2.24. The number of hydrogen-bond acceptors (Lipinski definition) is 7. The van der Waals surface area contributed by atoms with Crippen LogP contribution in [0.1, 0.15) is 31.9 Å². The molecule has 1 aliphatic carbocycles. The van der Waals surface area contributed by atoms with Crippen LogP contribution < -0.4 is 9.64 Å². The van der Waals surface area contributed by atoms with Gasteiger partial charge in [0.25, 0.3) is 0 Å². The van der Waals surface area contributed by atoms with Crippen LogP contribution in [0, 0.1) is 5.92 Å². The van der Waals surface area contributed by atoms with Crippen LogP contribution >= 0.6 is 0 Å². The van der Waals surface area contributed by atoms with Gasteiger partial charge < -0.3 is 14.4 Å². The number of aromatic nitrogens is 5. The van der Waals surface area contributed by atoms with Crippen LogP contribution in [0.5, 0.6) is 5.75 Å². The van der Waals surface area contributed by atoms with Gasteiger partial charge in [0.2, 0.25) is 5.91 Å². The molecule has 2 aromatic carbocycles. The lowest BCUT2D eigenvalue weighted by molar-refractivity contribution is -0.130. The number of aryl methyl sites for hydroxylation is 1. The van der Waals surface area contributed by atoms with Gasteiger partial charge in [-0.25, -0.2) is 14.6 Å². The summed E-state index contributed by atoms with van der Waals surface area (Å²) in [5.41, 5.74) is 4.27. The first-order chi connectivity index (χ1) is 18.3. The highest BCUT2D eigenvalue weighted by atomic mass is 19.3. The Balaban J connectivity index is 1.49. The number of alkyl halides is 2. The number of amides is 1. The number of carbonyl (C=O) groups is 1. The first kappa shape index (κ1) is 25.7. The van der Waals surface area contributed by atoms with E-state index in [1.165, 1.54) is 11.2 Å². The van der Waals surface area contributed by atoms with E-state index in [2.05, 4.69) is 25.0 Å². The van der Waals surface area contributed by atoms with E-state index in [9.17, 15) is 13.6 Å². The second-order valence-electron chi connectivity index (χ2n) is 9.44. The summed E-state index contributed by atoms with van der Waals surface area (Å²) < 4.78 is 37.4. The molecule has 0 unspecified atom stereocenters. The fourth-order valence-electron chi connectivity index (χ4n) is 4.68. The van der Waals surface area contributed by atoms with Crippen molar-refractivity contribution in [1.82, 2.24) is 25.0 Å². The maximum absolute atomic E-state index is 13.7. The molecule has 2 aromatic heterocycles. The van der Waals surface area contributed by atoms with Gasteiger partial charge in [0.05, 0.1) is 18.4 Å². The van der Waals surface area contributed by atoms with E-state index in [1.54, 1.807) is 24.0 Å². The predicted molar refractivity (Wildman–Crippen MR) is 137 cm³/mol. The van der Waals surface area contributed by atoms with E-state index in [0.717, 1.165) is 22.6 Å². The summed E-state index contributed by atoms with van der Waals surface area (Å²) in [5, 5.41) is 8.58. The van der Waals surface area contributed by atoms with Crippen molar-refractivity contribution in [3.05, 3.63) is 60.7 Å². The summed E-state index contributed by atoms with van der Waals surface area (Å²) in [4.78, 5) is 23.4. The van der Waals surface area contributed by atoms with Gasteiger partial charge in [-0.2, -0.15) is 8.78 Å². The highest BCUT2D eigenvalue weighted by molar-refractivity contribution is 6.07. The Bertz CT molecular complexity index is 1410. The molecule has 0 N–H and O–H groups in total. The molecule has 0 aliphatic heterocycles. The lowest BCUT2D eigenvalue weighted by atomic mass is 10.0. The molecule has 5 rings (SSSR count). The van der Waals surface area contributed by atoms with Crippen molar-refractivity contribution in [2.24, 2.45) is 13.0 Å². The molecular weight excluding hydrogens is 494 g/mol. The third kappa shape index (κ3) is 5.33. The molecule has 2 atom stereocenters. The number of ether oxygens (including phenoxy) is 2. The van der Waals surface area contributed by atoms with Crippen LogP contribution in [0.2, 0.25) is 0 Å². The van der Waals surface area contributed by atoms with Gasteiger partial charge in [0.15, 0.2) is 0 Å². The topological polar surface area (TPSA) is 95.3 Å².